The third-order valence-electron chi connectivity index (χ3n) is 3.43. The number of aryl methyl sites for hydroxylation is 1. The van der Waals surface area contributed by atoms with Crippen LogP contribution in [0.15, 0.2) is 18.3 Å². The zero-order valence-corrected chi connectivity index (χ0v) is 10.6. The molecule has 0 radical (unpaired) electrons. The molecule has 1 amide bonds. The second-order valence-electron chi connectivity index (χ2n) is 4.56. The number of aromatic nitrogens is 1. The second-order valence-corrected chi connectivity index (χ2v) is 4.56. The number of hydrogen-bond donors (Lipinski definition) is 2. The predicted molar refractivity (Wildman–Crippen MR) is 66.3 cm³/mol. The van der Waals surface area contributed by atoms with E-state index in [1.165, 1.54) is 0 Å². The SMILES string of the molecule is CO[C@@H]1CC[C@@H](NC(=O)c2cccnc2C)[C@H]1O. The summed E-state index contributed by atoms with van der Waals surface area (Å²) < 4.78 is 5.15. The summed E-state index contributed by atoms with van der Waals surface area (Å²) in [5.41, 5.74) is 1.23. The van der Waals surface area contributed by atoms with Crippen molar-refractivity contribution in [2.24, 2.45) is 0 Å². The maximum absolute atomic E-state index is 12.1. The van der Waals surface area contributed by atoms with Gasteiger partial charge >= 0.3 is 0 Å². The Balaban J connectivity index is 2.03. The first-order chi connectivity index (χ1) is 8.63. The molecule has 1 aromatic heterocycles. The Bertz CT molecular complexity index is 436. The van der Waals surface area contributed by atoms with Gasteiger partial charge in [-0.3, -0.25) is 9.78 Å². The van der Waals surface area contributed by atoms with Crippen molar-refractivity contribution in [1.29, 1.82) is 0 Å². The number of aliphatic hydroxyl groups excluding tert-OH is 1. The Morgan fingerprint density at radius 1 is 1.56 bits per heavy atom. The van der Waals surface area contributed by atoms with Gasteiger partial charge in [0.2, 0.25) is 0 Å². The minimum Gasteiger partial charge on any atom is -0.388 e. The number of hydrogen-bond acceptors (Lipinski definition) is 4. The number of amides is 1. The zero-order chi connectivity index (χ0) is 13.1. The van der Waals surface area contributed by atoms with Crippen LogP contribution in [0.1, 0.15) is 28.9 Å². The summed E-state index contributed by atoms with van der Waals surface area (Å²) in [5, 5.41) is 12.8. The minimum absolute atomic E-state index is 0.190. The lowest BCUT2D eigenvalue weighted by Gasteiger charge is -2.20. The molecule has 0 bridgehead atoms. The molecule has 1 heterocycles. The lowest BCUT2D eigenvalue weighted by atomic mass is 10.1. The number of carbonyl (C=O) groups is 1. The molecule has 2 rings (SSSR count). The molecule has 1 saturated carbocycles. The van der Waals surface area contributed by atoms with Crippen LogP contribution in [0.4, 0.5) is 0 Å². The third-order valence-corrected chi connectivity index (χ3v) is 3.43. The van der Waals surface area contributed by atoms with Gasteiger partial charge in [-0.05, 0) is 31.9 Å². The van der Waals surface area contributed by atoms with E-state index in [4.69, 9.17) is 4.74 Å². The molecule has 1 fully saturated rings. The van der Waals surface area contributed by atoms with Crippen LogP contribution < -0.4 is 5.32 Å². The van der Waals surface area contributed by atoms with E-state index in [1.54, 1.807) is 32.4 Å². The molecule has 0 unspecified atom stereocenters. The summed E-state index contributed by atoms with van der Waals surface area (Å²) in [5.74, 6) is -0.193. The van der Waals surface area contributed by atoms with Crippen molar-refractivity contribution in [2.45, 2.75) is 38.0 Å². The second kappa shape index (κ2) is 5.46. The van der Waals surface area contributed by atoms with Gasteiger partial charge in [-0.15, -0.1) is 0 Å². The van der Waals surface area contributed by atoms with E-state index in [0.717, 1.165) is 12.8 Å². The van der Waals surface area contributed by atoms with Crippen molar-refractivity contribution in [3.05, 3.63) is 29.6 Å². The van der Waals surface area contributed by atoms with Gasteiger partial charge in [-0.2, -0.15) is 0 Å². The molecule has 18 heavy (non-hydrogen) atoms. The van der Waals surface area contributed by atoms with Crippen molar-refractivity contribution in [1.82, 2.24) is 10.3 Å². The van der Waals surface area contributed by atoms with Crippen LogP contribution in [0.25, 0.3) is 0 Å². The summed E-state index contributed by atoms with van der Waals surface area (Å²) in [7, 11) is 1.57. The molecule has 98 valence electrons. The Morgan fingerprint density at radius 3 is 2.94 bits per heavy atom. The molecule has 1 aliphatic rings. The number of pyridine rings is 1. The van der Waals surface area contributed by atoms with E-state index in [1.807, 2.05) is 0 Å². The molecule has 5 heteroatoms. The van der Waals surface area contributed by atoms with Crippen molar-refractivity contribution < 1.29 is 14.6 Å². The van der Waals surface area contributed by atoms with Gasteiger partial charge in [0.05, 0.1) is 17.7 Å². The Kier molecular flexibility index (Phi) is 3.93. The summed E-state index contributed by atoms with van der Waals surface area (Å²) in [6, 6.07) is 3.21. The van der Waals surface area contributed by atoms with Gasteiger partial charge in [0.15, 0.2) is 0 Å². The summed E-state index contributed by atoms with van der Waals surface area (Å²) in [6.45, 7) is 1.79. The van der Waals surface area contributed by atoms with Gasteiger partial charge in [-0.1, -0.05) is 0 Å². The highest BCUT2D eigenvalue weighted by molar-refractivity contribution is 5.95. The van der Waals surface area contributed by atoms with Crippen LogP contribution in [0.5, 0.6) is 0 Å². The molecule has 0 aromatic carbocycles. The summed E-state index contributed by atoms with van der Waals surface area (Å²) in [6.07, 6.45) is 2.30. The van der Waals surface area contributed by atoms with Crippen LogP contribution in [0, 0.1) is 6.92 Å². The number of carbonyl (C=O) groups excluding carboxylic acids is 1. The van der Waals surface area contributed by atoms with E-state index >= 15 is 0 Å². The quantitative estimate of drug-likeness (QED) is 0.826. The lowest BCUT2D eigenvalue weighted by Crippen LogP contribution is -2.43. The number of rotatable bonds is 3. The molecule has 2 N–H and O–H groups in total. The van der Waals surface area contributed by atoms with Crippen LogP contribution in [-0.2, 0) is 4.74 Å². The first-order valence-corrected chi connectivity index (χ1v) is 6.07. The van der Waals surface area contributed by atoms with Crippen molar-refractivity contribution in [3.8, 4) is 0 Å². The highest BCUT2D eigenvalue weighted by atomic mass is 16.5. The highest BCUT2D eigenvalue weighted by Gasteiger charge is 2.35. The maximum atomic E-state index is 12.1. The topological polar surface area (TPSA) is 71.5 Å². The molecule has 0 aliphatic heterocycles. The van der Waals surface area contributed by atoms with E-state index in [9.17, 15) is 9.90 Å². The normalized spacial score (nSPS) is 27.2. The fourth-order valence-electron chi connectivity index (χ4n) is 2.33. The Labute approximate surface area is 106 Å². The smallest absolute Gasteiger partial charge is 0.253 e. The lowest BCUT2D eigenvalue weighted by molar-refractivity contribution is 0.000202. The Hall–Kier alpha value is -1.46. The van der Waals surface area contributed by atoms with Crippen LogP contribution in [0.2, 0.25) is 0 Å². The number of aliphatic hydroxyl groups is 1. The number of nitrogens with zero attached hydrogens (tertiary/aromatic N) is 1. The first-order valence-electron chi connectivity index (χ1n) is 6.07. The number of ether oxygens (including phenoxy) is 1. The first kappa shape index (κ1) is 13.0. The van der Waals surface area contributed by atoms with Crippen LogP contribution in [0.3, 0.4) is 0 Å². The van der Waals surface area contributed by atoms with Gasteiger partial charge in [0.1, 0.15) is 6.10 Å². The largest absolute Gasteiger partial charge is 0.388 e. The average Bonchev–Trinajstić information content (AvgIpc) is 2.71. The van der Waals surface area contributed by atoms with E-state index in [0.29, 0.717) is 11.3 Å². The molecular formula is C13H18N2O3. The number of nitrogens with one attached hydrogen (secondary N) is 1. The molecule has 3 atom stereocenters. The fourth-order valence-corrected chi connectivity index (χ4v) is 2.33. The standard InChI is InChI=1S/C13H18N2O3/c1-8-9(4-3-7-14-8)13(17)15-10-5-6-11(18-2)12(10)16/h3-4,7,10-12,16H,5-6H2,1-2H3,(H,15,17)/t10-,11-,12-/m1/s1. The molecular weight excluding hydrogens is 232 g/mol. The van der Waals surface area contributed by atoms with E-state index in [2.05, 4.69) is 10.3 Å². The third kappa shape index (κ3) is 2.52. The van der Waals surface area contributed by atoms with Gasteiger partial charge in [0, 0.05) is 19.0 Å². The zero-order valence-electron chi connectivity index (χ0n) is 10.6. The van der Waals surface area contributed by atoms with Crippen molar-refractivity contribution >= 4 is 5.91 Å². The van der Waals surface area contributed by atoms with E-state index in [-0.39, 0.29) is 18.1 Å². The van der Waals surface area contributed by atoms with Crippen molar-refractivity contribution in [2.75, 3.05) is 7.11 Å². The summed E-state index contributed by atoms with van der Waals surface area (Å²) in [4.78, 5) is 16.1. The van der Waals surface area contributed by atoms with Crippen LogP contribution in [-0.4, -0.2) is 41.4 Å². The molecule has 0 saturated heterocycles. The van der Waals surface area contributed by atoms with Gasteiger partial charge < -0.3 is 15.2 Å². The monoisotopic (exact) mass is 250 g/mol. The maximum Gasteiger partial charge on any atom is 0.253 e. The van der Waals surface area contributed by atoms with Gasteiger partial charge in [0.25, 0.3) is 5.91 Å². The molecule has 0 spiro atoms. The minimum atomic E-state index is -0.643. The molecule has 5 nitrogen and oxygen atoms in total. The average molecular weight is 250 g/mol. The number of methoxy groups -OCH3 is 1. The molecule has 1 aromatic rings. The molecule has 1 aliphatic carbocycles. The van der Waals surface area contributed by atoms with E-state index < -0.39 is 6.10 Å². The highest BCUT2D eigenvalue weighted by Crippen LogP contribution is 2.22. The van der Waals surface area contributed by atoms with Crippen LogP contribution >= 0.6 is 0 Å². The Morgan fingerprint density at radius 2 is 2.33 bits per heavy atom. The van der Waals surface area contributed by atoms with Crippen molar-refractivity contribution in [3.63, 3.8) is 0 Å². The predicted octanol–water partition coefficient (Wildman–Crippen LogP) is 0.658. The van der Waals surface area contributed by atoms with Gasteiger partial charge in [-0.25, -0.2) is 0 Å². The fraction of sp³-hybridized carbons (Fsp3) is 0.538. The summed E-state index contributed by atoms with van der Waals surface area (Å²) >= 11 is 0.